The summed E-state index contributed by atoms with van der Waals surface area (Å²) in [5.74, 6) is 0.467. The Morgan fingerprint density at radius 1 is 1.19 bits per heavy atom. The Morgan fingerprint density at radius 2 is 1.95 bits per heavy atom. The molecule has 2 aromatic carbocycles. The van der Waals surface area contributed by atoms with Crippen LogP contribution in [0, 0.1) is 11.3 Å². The van der Waals surface area contributed by atoms with Gasteiger partial charge in [-0.15, -0.1) is 0 Å². The van der Waals surface area contributed by atoms with Crippen molar-refractivity contribution < 1.29 is 0 Å². The van der Waals surface area contributed by atoms with Crippen LogP contribution in [0.1, 0.15) is 11.1 Å². The van der Waals surface area contributed by atoms with Crippen molar-refractivity contribution in [3.63, 3.8) is 0 Å². The van der Waals surface area contributed by atoms with E-state index < -0.39 is 0 Å². The van der Waals surface area contributed by atoms with Gasteiger partial charge in [-0.3, -0.25) is 0 Å². The fourth-order valence-corrected chi connectivity index (χ4v) is 2.46. The van der Waals surface area contributed by atoms with E-state index in [2.05, 4.69) is 11.1 Å². The molecule has 0 aliphatic heterocycles. The van der Waals surface area contributed by atoms with E-state index >= 15 is 0 Å². The van der Waals surface area contributed by atoms with Crippen LogP contribution in [-0.4, -0.2) is 9.55 Å². The number of hydrogen-bond acceptors (Lipinski definition) is 3. The van der Waals surface area contributed by atoms with Crippen molar-refractivity contribution in [2.45, 2.75) is 13.0 Å². The zero-order valence-electron chi connectivity index (χ0n) is 11.3. The third kappa shape index (κ3) is 2.69. The average Bonchev–Trinajstić information content (AvgIpc) is 2.81. The van der Waals surface area contributed by atoms with E-state index in [0.29, 0.717) is 18.1 Å². The molecule has 0 saturated carbocycles. The van der Waals surface area contributed by atoms with E-state index in [1.54, 1.807) is 6.07 Å². The van der Waals surface area contributed by atoms with Gasteiger partial charge in [-0.1, -0.05) is 23.7 Å². The number of hydrogen-bond donors (Lipinski definition) is 1. The van der Waals surface area contributed by atoms with Crippen LogP contribution in [0.15, 0.2) is 42.5 Å². The van der Waals surface area contributed by atoms with Crippen molar-refractivity contribution in [2.24, 2.45) is 0 Å². The van der Waals surface area contributed by atoms with E-state index in [1.165, 1.54) is 5.56 Å². The summed E-state index contributed by atoms with van der Waals surface area (Å²) in [5.41, 5.74) is 9.46. The van der Waals surface area contributed by atoms with Crippen LogP contribution < -0.4 is 5.73 Å². The van der Waals surface area contributed by atoms with Gasteiger partial charge in [0.05, 0.1) is 22.7 Å². The third-order valence-electron chi connectivity index (χ3n) is 3.44. The molecule has 5 heteroatoms. The minimum Gasteiger partial charge on any atom is -0.369 e. The Bertz CT molecular complexity index is 828. The lowest BCUT2D eigenvalue weighted by atomic mass is 10.1. The van der Waals surface area contributed by atoms with Crippen molar-refractivity contribution in [1.29, 1.82) is 5.26 Å². The number of aromatic nitrogens is 2. The first kappa shape index (κ1) is 13.5. The molecule has 4 nitrogen and oxygen atoms in total. The van der Waals surface area contributed by atoms with Crippen LogP contribution in [0.2, 0.25) is 5.02 Å². The van der Waals surface area contributed by atoms with Gasteiger partial charge in [-0.05, 0) is 42.3 Å². The second-order valence-electron chi connectivity index (χ2n) is 4.81. The zero-order valence-corrected chi connectivity index (χ0v) is 12.0. The predicted octanol–water partition coefficient (Wildman–Crippen LogP) is 3.39. The third-order valence-corrected chi connectivity index (χ3v) is 3.70. The van der Waals surface area contributed by atoms with Gasteiger partial charge in [0.1, 0.15) is 0 Å². The van der Waals surface area contributed by atoms with Crippen molar-refractivity contribution in [1.82, 2.24) is 9.55 Å². The number of imidazole rings is 1. The first-order valence-electron chi connectivity index (χ1n) is 6.57. The Kier molecular flexibility index (Phi) is 3.51. The molecule has 0 spiro atoms. The van der Waals surface area contributed by atoms with Gasteiger partial charge in [0.25, 0.3) is 0 Å². The summed E-state index contributed by atoms with van der Waals surface area (Å²) in [6, 6.07) is 15.3. The summed E-state index contributed by atoms with van der Waals surface area (Å²) in [6.45, 7) is 0.707. The quantitative estimate of drug-likeness (QED) is 0.805. The molecule has 2 N–H and O–H groups in total. The van der Waals surface area contributed by atoms with Crippen LogP contribution in [-0.2, 0) is 13.0 Å². The minimum absolute atomic E-state index is 0.467. The van der Waals surface area contributed by atoms with E-state index in [1.807, 2.05) is 41.0 Å². The standard InChI is InChI=1S/C16H13ClN4/c17-13-4-1-11(2-5-13)7-8-21-15-9-12(10-18)3-6-14(15)20-16(21)19/h1-6,9H,7-8H2,(H2,19,20). The highest BCUT2D eigenvalue weighted by Gasteiger charge is 2.09. The van der Waals surface area contributed by atoms with Crippen molar-refractivity contribution in [3.8, 4) is 6.07 Å². The second-order valence-corrected chi connectivity index (χ2v) is 5.25. The highest BCUT2D eigenvalue weighted by atomic mass is 35.5. The molecule has 0 aliphatic rings. The predicted molar refractivity (Wildman–Crippen MR) is 84.0 cm³/mol. The topological polar surface area (TPSA) is 67.6 Å². The summed E-state index contributed by atoms with van der Waals surface area (Å²) in [4.78, 5) is 4.33. The lowest BCUT2D eigenvalue weighted by Gasteiger charge is -2.07. The average molecular weight is 297 g/mol. The van der Waals surface area contributed by atoms with Crippen LogP contribution in [0.3, 0.4) is 0 Å². The molecule has 0 saturated heterocycles. The van der Waals surface area contributed by atoms with Gasteiger partial charge in [-0.2, -0.15) is 5.26 Å². The molecule has 1 heterocycles. The number of halogens is 1. The lowest BCUT2D eigenvalue weighted by molar-refractivity contribution is 0.726. The van der Waals surface area contributed by atoms with E-state index in [-0.39, 0.29) is 0 Å². The molecule has 0 bridgehead atoms. The van der Waals surface area contributed by atoms with E-state index in [0.717, 1.165) is 22.5 Å². The van der Waals surface area contributed by atoms with Crippen LogP contribution in [0.25, 0.3) is 11.0 Å². The van der Waals surface area contributed by atoms with E-state index in [9.17, 15) is 0 Å². The molecule has 3 rings (SSSR count). The molecule has 0 radical (unpaired) electrons. The normalized spacial score (nSPS) is 10.7. The minimum atomic E-state index is 0.467. The molecular weight excluding hydrogens is 284 g/mol. The summed E-state index contributed by atoms with van der Waals surface area (Å²) in [6.07, 6.45) is 0.823. The Hall–Kier alpha value is -2.51. The molecular formula is C16H13ClN4. The molecule has 0 atom stereocenters. The van der Waals surface area contributed by atoms with Gasteiger partial charge in [0, 0.05) is 11.6 Å². The number of fused-ring (bicyclic) bond motifs is 1. The smallest absolute Gasteiger partial charge is 0.201 e. The summed E-state index contributed by atoms with van der Waals surface area (Å²) < 4.78 is 1.94. The van der Waals surface area contributed by atoms with Crippen molar-refractivity contribution in [2.75, 3.05) is 5.73 Å². The molecule has 0 amide bonds. The van der Waals surface area contributed by atoms with Gasteiger partial charge in [0.2, 0.25) is 5.95 Å². The Labute approximate surface area is 127 Å². The highest BCUT2D eigenvalue weighted by molar-refractivity contribution is 6.30. The maximum absolute atomic E-state index is 9.01. The van der Waals surface area contributed by atoms with Gasteiger partial charge in [-0.25, -0.2) is 4.98 Å². The molecule has 1 aromatic heterocycles. The molecule has 0 aliphatic carbocycles. The van der Waals surface area contributed by atoms with Crippen LogP contribution in [0.4, 0.5) is 5.95 Å². The number of aryl methyl sites for hydroxylation is 2. The fourth-order valence-electron chi connectivity index (χ4n) is 2.34. The van der Waals surface area contributed by atoms with Crippen molar-refractivity contribution in [3.05, 3.63) is 58.6 Å². The lowest BCUT2D eigenvalue weighted by Crippen LogP contribution is -2.05. The highest BCUT2D eigenvalue weighted by Crippen LogP contribution is 2.20. The summed E-state index contributed by atoms with van der Waals surface area (Å²) in [5, 5.41) is 9.73. The Balaban J connectivity index is 1.91. The van der Waals surface area contributed by atoms with Crippen molar-refractivity contribution >= 4 is 28.6 Å². The molecule has 21 heavy (non-hydrogen) atoms. The number of rotatable bonds is 3. The largest absolute Gasteiger partial charge is 0.369 e. The van der Waals surface area contributed by atoms with Gasteiger partial charge in [0.15, 0.2) is 0 Å². The van der Waals surface area contributed by atoms with Gasteiger partial charge >= 0.3 is 0 Å². The van der Waals surface area contributed by atoms with Crippen LogP contribution >= 0.6 is 11.6 Å². The number of nitrogens with zero attached hydrogens (tertiary/aromatic N) is 3. The molecule has 0 fully saturated rings. The first-order valence-corrected chi connectivity index (χ1v) is 6.95. The first-order chi connectivity index (χ1) is 10.2. The fraction of sp³-hybridized carbons (Fsp3) is 0.125. The molecule has 3 aromatic rings. The van der Waals surface area contributed by atoms with Crippen LogP contribution in [0.5, 0.6) is 0 Å². The number of nitrogens with two attached hydrogens (primary N) is 1. The molecule has 0 unspecified atom stereocenters. The van der Waals surface area contributed by atoms with Gasteiger partial charge < -0.3 is 10.3 Å². The molecule has 104 valence electrons. The second kappa shape index (κ2) is 5.47. The summed E-state index contributed by atoms with van der Waals surface area (Å²) >= 11 is 5.88. The number of anilines is 1. The van der Waals surface area contributed by atoms with E-state index in [4.69, 9.17) is 22.6 Å². The Morgan fingerprint density at radius 3 is 2.67 bits per heavy atom. The number of nitriles is 1. The number of benzene rings is 2. The summed E-state index contributed by atoms with van der Waals surface area (Å²) in [7, 11) is 0. The number of nitrogen functional groups attached to an aromatic ring is 1. The zero-order chi connectivity index (χ0) is 14.8. The SMILES string of the molecule is N#Cc1ccc2nc(N)n(CCc3ccc(Cl)cc3)c2c1. The maximum Gasteiger partial charge on any atom is 0.201 e. The monoisotopic (exact) mass is 296 g/mol. The maximum atomic E-state index is 9.01.